The predicted octanol–water partition coefficient (Wildman–Crippen LogP) is 1.89. The largest absolute Gasteiger partial charge is 1.00 e. The van der Waals surface area contributed by atoms with Gasteiger partial charge in [-0.1, -0.05) is 60.3 Å². The van der Waals surface area contributed by atoms with Crippen LogP contribution in [0.3, 0.4) is 0 Å². The summed E-state index contributed by atoms with van der Waals surface area (Å²) in [6.45, 7) is 16.7. The zero-order chi connectivity index (χ0) is 17.3. The Labute approximate surface area is 145 Å². The second kappa shape index (κ2) is 19.4. The van der Waals surface area contributed by atoms with Gasteiger partial charge >= 0.3 is 0 Å². The van der Waals surface area contributed by atoms with Crippen LogP contribution in [0.4, 0.5) is 0 Å². The molecule has 0 saturated carbocycles. The van der Waals surface area contributed by atoms with E-state index in [0.717, 1.165) is 0 Å². The van der Waals surface area contributed by atoms with Gasteiger partial charge < -0.3 is 14.9 Å². The summed E-state index contributed by atoms with van der Waals surface area (Å²) in [5.41, 5.74) is 4.65. The normalized spacial score (nSPS) is 10.5. The van der Waals surface area contributed by atoms with Crippen LogP contribution < -0.4 is 10.4 Å². The Morgan fingerprint density at radius 1 is 0.696 bits per heavy atom. The average molecular weight is 335 g/mol. The number of carbonyl (C=O) groups excluding carboxylic acids is 1. The zero-order valence-corrected chi connectivity index (χ0v) is 16.5. The summed E-state index contributed by atoms with van der Waals surface area (Å²) in [5.74, 6) is -0.245. The molecule has 2 N–H and O–H groups in total. The van der Waals surface area contributed by atoms with Gasteiger partial charge in [-0.15, -0.1) is 0 Å². The van der Waals surface area contributed by atoms with Gasteiger partial charge in [0.05, 0.1) is 26.2 Å². The van der Waals surface area contributed by atoms with E-state index in [9.17, 15) is 4.79 Å². The third-order valence-electron chi connectivity index (χ3n) is 4.29. The number of halogens is 1. The first-order valence-corrected chi connectivity index (χ1v) is 9.65. The highest BCUT2D eigenvalue weighted by molar-refractivity contribution is 5.73. The van der Waals surface area contributed by atoms with Crippen molar-refractivity contribution >= 4 is 5.91 Å². The molecule has 23 heavy (non-hydrogen) atoms. The van der Waals surface area contributed by atoms with Crippen LogP contribution in [0.2, 0.25) is 0 Å². The highest BCUT2D eigenvalue weighted by Crippen LogP contribution is 2.16. The van der Waals surface area contributed by atoms with Crippen LogP contribution in [0.25, 0.3) is 0 Å². The number of rotatable bonds is 13. The molecule has 0 spiro atoms. The topological polar surface area (TPSA) is 43.1 Å². The molecule has 1 amide bonds. The summed E-state index contributed by atoms with van der Waals surface area (Å²) in [6, 6.07) is 0. The minimum absolute atomic E-state index is 0. The zero-order valence-electron chi connectivity index (χ0n) is 16.5. The van der Waals surface area contributed by atoms with Crippen LogP contribution in [0.1, 0.15) is 92.4 Å². The Kier molecular flexibility index (Phi) is 23.0. The molecule has 0 heterocycles. The molecule has 4 heteroatoms. The standard InChI is InChI=1S/C16H36N.C3H7NO.FH/c1-5-9-13-17(14-10-6-2,15-11-7-3)16-12-8-4;1-2-3(4)5;/h5-16H2,1-4H3;2H2,1H3,(H2,4,5);1H/q+1;;/p-1. The van der Waals surface area contributed by atoms with Crippen LogP contribution in [-0.2, 0) is 4.79 Å². The number of carbonyl (C=O) groups is 1. The first-order valence-electron chi connectivity index (χ1n) is 9.65. The number of hydrogen-bond acceptors (Lipinski definition) is 1. The molecule has 0 aliphatic carbocycles. The molecule has 0 saturated heterocycles. The molecule has 0 bridgehead atoms. The first kappa shape index (κ1) is 27.2. The van der Waals surface area contributed by atoms with Crippen molar-refractivity contribution in [3.8, 4) is 0 Å². The van der Waals surface area contributed by atoms with Gasteiger partial charge in [0.15, 0.2) is 0 Å². The van der Waals surface area contributed by atoms with Gasteiger partial charge in [-0.25, -0.2) is 0 Å². The maximum Gasteiger partial charge on any atom is 0.217 e. The number of hydrogen-bond donors (Lipinski definition) is 1. The van der Waals surface area contributed by atoms with Crippen molar-refractivity contribution in [2.24, 2.45) is 5.73 Å². The number of quaternary nitrogens is 1. The maximum absolute atomic E-state index is 9.59. The van der Waals surface area contributed by atoms with Crippen molar-refractivity contribution in [3.05, 3.63) is 0 Å². The van der Waals surface area contributed by atoms with E-state index in [1.807, 2.05) is 0 Å². The van der Waals surface area contributed by atoms with E-state index >= 15 is 0 Å². The van der Waals surface area contributed by atoms with Crippen molar-refractivity contribution in [1.82, 2.24) is 0 Å². The monoisotopic (exact) mass is 334 g/mol. The molecule has 3 nitrogen and oxygen atoms in total. The van der Waals surface area contributed by atoms with Crippen LogP contribution in [0.15, 0.2) is 0 Å². The fourth-order valence-electron chi connectivity index (χ4n) is 2.64. The van der Waals surface area contributed by atoms with E-state index in [-0.39, 0.29) is 10.6 Å². The maximum atomic E-state index is 9.59. The lowest BCUT2D eigenvalue weighted by molar-refractivity contribution is -0.929. The van der Waals surface area contributed by atoms with Gasteiger partial charge in [-0.2, -0.15) is 0 Å². The third kappa shape index (κ3) is 17.5. The number of nitrogens with zero attached hydrogens (tertiary/aromatic N) is 1. The third-order valence-corrected chi connectivity index (χ3v) is 4.29. The number of primary amides is 1. The number of amides is 1. The molecule has 0 radical (unpaired) electrons. The molecule has 0 unspecified atom stereocenters. The number of unbranched alkanes of at least 4 members (excludes halogenated alkanes) is 4. The van der Waals surface area contributed by atoms with Gasteiger partial charge in [-0.05, 0) is 25.7 Å². The van der Waals surface area contributed by atoms with Crippen LogP contribution in [-0.4, -0.2) is 36.6 Å². The average Bonchev–Trinajstić information content (AvgIpc) is 2.54. The Morgan fingerprint density at radius 2 is 0.913 bits per heavy atom. The van der Waals surface area contributed by atoms with Crippen molar-refractivity contribution in [1.29, 1.82) is 0 Å². The fourth-order valence-corrected chi connectivity index (χ4v) is 2.64. The Bertz CT molecular complexity index is 210. The second-order valence-electron chi connectivity index (χ2n) is 6.47. The summed E-state index contributed by atoms with van der Waals surface area (Å²) in [5, 5.41) is 0. The minimum atomic E-state index is -0.245. The molecule has 0 fully saturated rings. The quantitative estimate of drug-likeness (QED) is 0.514. The molecule has 142 valence electrons. The summed E-state index contributed by atoms with van der Waals surface area (Å²) < 4.78 is 1.42. The molecule has 0 aliphatic heterocycles. The van der Waals surface area contributed by atoms with Gasteiger partial charge in [0.1, 0.15) is 0 Å². The molecule has 0 aromatic heterocycles. The Morgan fingerprint density at radius 3 is 1.04 bits per heavy atom. The van der Waals surface area contributed by atoms with Crippen LogP contribution in [0.5, 0.6) is 0 Å². The lowest BCUT2D eigenvalue weighted by Gasteiger charge is -2.39. The van der Waals surface area contributed by atoms with Gasteiger partial charge in [0.25, 0.3) is 0 Å². The highest BCUT2D eigenvalue weighted by Gasteiger charge is 2.24. The van der Waals surface area contributed by atoms with Gasteiger partial charge in [0, 0.05) is 6.42 Å². The fraction of sp³-hybridized carbons (Fsp3) is 0.947. The van der Waals surface area contributed by atoms with Crippen molar-refractivity contribution in [2.45, 2.75) is 92.4 Å². The van der Waals surface area contributed by atoms with E-state index in [4.69, 9.17) is 0 Å². The Balaban J connectivity index is -0.000000578. The highest BCUT2D eigenvalue weighted by atomic mass is 19.0. The van der Waals surface area contributed by atoms with Crippen molar-refractivity contribution in [2.75, 3.05) is 26.2 Å². The lowest BCUT2D eigenvalue weighted by Crippen LogP contribution is -3.00. The molecule has 0 aliphatic rings. The second-order valence-corrected chi connectivity index (χ2v) is 6.47. The Hall–Kier alpha value is -0.640. The van der Waals surface area contributed by atoms with Gasteiger partial charge in [0.2, 0.25) is 5.91 Å². The van der Waals surface area contributed by atoms with E-state index in [1.165, 1.54) is 82.0 Å². The van der Waals surface area contributed by atoms with E-state index in [1.54, 1.807) is 6.92 Å². The number of nitrogens with two attached hydrogens (primary N) is 1. The van der Waals surface area contributed by atoms with Crippen LogP contribution in [0, 0.1) is 0 Å². The van der Waals surface area contributed by atoms with E-state index < -0.39 is 0 Å². The molecule has 0 atom stereocenters. The molecular formula is C19H43FN2O. The summed E-state index contributed by atoms with van der Waals surface area (Å²) in [7, 11) is 0. The summed E-state index contributed by atoms with van der Waals surface area (Å²) in [6.07, 6.45) is 11.5. The smallest absolute Gasteiger partial charge is 0.217 e. The molecule has 0 rings (SSSR count). The van der Waals surface area contributed by atoms with E-state index in [2.05, 4.69) is 33.4 Å². The van der Waals surface area contributed by atoms with Crippen LogP contribution >= 0.6 is 0 Å². The first-order chi connectivity index (χ1) is 10.5. The predicted molar refractivity (Wildman–Crippen MR) is 98.8 cm³/mol. The molecule has 0 aromatic rings. The van der Waals surface area contributed by atoms with Crippen molar-refractivity contribution in [3.63, 3.8) is 0 Å². The minimum Gasteiger partial charge on any atom is -1.00 e. The van der Waals surface area contributed by atoms with Crippen molar-refractivity contribution < 1.29 is 14.0 Å². The molecule has 0 aromatic carbocycles. The molecular weight excluding hydrogens is 291 g/mol. The summed E-state index contributed by atoms with van der Waals surface area (Å²) >= 11 is 0. The van der Waals surface area contributed by atoms with Gasteiger partial charge in [-0.3, -0.25) is 4.79 Å². The van der Waals surface area contributed by atoms with E-state index in [0.29, 0.717) is 6.42 Å². The lowest BCUT2D eigenvalue weighted by atomic mass is 10.1. The SMILES string of the molecule is CCC(N)=O.CCCC[N+](CCCC)(CCCC)CCCC.[F-]. The summed E-state index contributed by atoms with van der Waals surface area (Å²) in [4.78, 5) is 9.59.